The normalized spacial score (nSPS) is 10.3. The molecule has 0 radical (unpaired) electrons. The maximum Gasteiger partial charge on any atom is 0.167 e. The Morgan fingerprint density at radius 1 is 1.22 bits per heavy atom. The largest absolute Gasteiger partial charge is 0.398 e. The van der Waals surface area contributed by atoms with Crippen LogP contribution in [0.1, 0.15) is 15.9 Å². The van der Waals surface area contributed by atoms with Crippen LogP contribution in [0.4, 0.5) is 5.69 Å². The van der Waals surface area contributed by atoms with Gasteiger partial charge in [0.2, 0.25) is 0 Å². The van der Waals surface area contributed by atoms with Gasteiger partial charge in [0.05, 0.1) is 10.7 Å². The van der Waals surface area contributed by atoms with Gasteiger partial charge < -0.3 is 5.73 Å². The lowest BCUT2D eigenvalue weighted by Crippen LogP contribution is -2.04. The van der Waals surface area contributed by atoms with Crippen molar-refractivity contribution < 1.29 is 4.79 Å². The lowest BCUT2D eigenvalue weighted by Gasteiger charge is -2.04. The number of benzene rings is 2. The third kappa shape index (κ3) is 3.12. The van der Waals surface area contributed by atoms with Gasteiger partial charge in [-0.2, -0.15) is 0 Å². The minimum atomic E-state index is 0.0231. The summed E-state index contributed by atoms with van der Waals surface area (Å²) >= 11 is 9.28. The molecule has 0 fully saturated rings. The van der Waals surface area contributed by atoms with E-state index in [0.29, 0.717) is 22.7 Å². The second kappa shape index (κ2) is 5.55. The van der Waals surface area contributed by atoms with Crippen LogP contribution in [0.5, 0.6) is 0 Å². The topological polar surface area (TPSA) is 43.1 Å². The second-order valence-electron chi connectivity index (χ2n) is 3.97. The average molecular weight is 325 g/mol. The number of halogens is 2. The molecule has 0 saturated heterocycles. The van der Waals surface area contributed by atoms with Crippen molar-refractivity contribution >= 4 is 39.0 Å². The summed E-state index contributed by atoms with van der Waals surface area (Å²) in [5.41, 5.74) is 7.63. The summed E-state index contributed by atoms with van der Waals surface area (Å²) in [6, 6.07) is 12.6. The third-order valence-electron chi connectivity index (χ3n) is 2.58. The van der Waals surface area contributed by atoms with Crippen molar-refractivity contribution in [3.8, 4) is 0 Å². The van der Waals surface area contributed by atoms with E-state index in [1.807, 2.05) is 24.3 Å². The smallest absolute Gasteiger partial charge is 0.167 e. The summed E-state index contributed by atoms with van der Waals surface area (Å²) < 4.78 is 0.961. The first-order valence-corrected chi connectivity index (χ1v) is 6.56. The summed E-state index contributed by atoms with van der Waals surface area (Å²) in [6.45, 7) is 0. The van der Waals surface area contributed by atoms with Crippen LogP contribution >= 0.6 is 27.5 Å². The zero-order valence-corrected chi connectivity index (χ0v) is 11.8. The number of carbonyl (C=O) groups is 1. The Labute approximate surface area is 119 Å². The van der Waals surface area contributed by atoms with Gasteiger partial charge >= 0.3 is 0 Å². The van der Waals surface area contributed by atoms with E-state index in [1.54, 1.807) is 18.2 Å². The highest BCUT2D eigenvalue weighted by Gasteiger charge is 2.09. The Hall–Kier alpha value is -1.32. The molecule has 0 bridgehead atoms. The first-order valence-electron chi connectivity index (χ1n) is 5.39. The third-order valence-corrected chi connectivity index (χ3v) is 3.40. The minimum absolute atomic E-state index is 0.0231. The van der Waals surface area contributed by atoms with Gasteiger partial charge in [-0.05, 0) is 35.9 Å². The summed E-state index contributed by atoms with van der Waals surface area (Å²) in [4.78, 5) is 12.1. The van der Waals surface area contributed by atoms with Gasteiger partial charge in [0.25, 0.3) is 0 Å². The number of carbonyl (C=O) groups excluding carboxylic acids is 1. The van der Waals surface area contributed by atoms with Crippen LogP contribution < -0.4 is 5.73 Å². The van der Waals surface area contributed by atoms with Crippen LogP contribution in [0.15, 0.2) is 46.9 Å². The van der Waals surface area contributed by atoms with Gasteiger partial charge in [-0.1, -0.05) is 39.7 Å². The number of nitrogen functional groups attached to an aromatic ring is 1. The lowest BCUT2D eigenvalue weighted by atomic mass is 10.0. The van der Waals surface area contributed by atoms with E-state index >= 15 is 0 Å². The van der Waals surface area contributed by atoms with Crippen LogP contribution in [0, 0.1) is 0 Å². The molecule has 0 aliphatic heterocycles. The number of rotatable bonds is 3. The molecule has 0 atom stereocenters. The summed E-state index contributed by atoms with van der Waals surface area (Å²) in [7, 11) is 0. The van der Waals surface area contributed by atoms with Crippen LogP contribution in [0.3, 0.4) is 0 Å². The molecule has 0 aromatic heterocycles. The summed E-state index contributed by atoms with van der Waals surface area (Å²) in [5, 5.41) is 0.412. The number of Topliss-reactive ketones (excluding diaryl/α,β-unsaturated/α-hetero) is 1. The molecule has 0 unspecified atom stereocenters. The van der Waals surface area contributed by atoms with E-state index in [1.165, 1.54) is 0 Å². The van der Waals surface area contributed by atoms with Crippen molar-refractivity contribution in [1.29, 1.82) is 0 Å². The molecule has 0 aliphatic rings. The molecular formula is C14H11BrClNO. The van der Waals surface area contributed by atoms with Crippen molar-refractivity contribution in [2.45, 2.75) is 6.42 Å². The van der Waals surface area contributed by atoms with Crippen molar-refractivity contribution in [1.82, 2.24) is 0 Å². The molecule has 4 heteroatoms. The SMILES string of the molecule is Nc1ccc(C(=O)Cc2cccc(Br)c2)cc1Cl. The molecule has 2 aromatic rings. The molecule has 2 N–H and O–H groups in total. The highest BCUT2D eigenvalue weighted by atomic mass is 79.9. The maximum absolute atomic E-state index is 12.1. The number of hydrogen-bond donors (Lipinski definition) is 1. The molecule has 92 valence electrons. The van der Waals surface area contributed by atoms with Gasteiger partial charge in [-0.25, -0.2) is 0 Å². The fraction of sp³-hybridized carbons (Fsp3) is 0.0714. The molecular weight excluding hydrogens is 314 g/mol. The van der Waals surface area contributed by atoms with Gasteiger partial charge in [-0.3, -0.25) is 4.79 Å². The van der Waals surface area contributed by atoms with Gasteiger partial charge in [0.15, 0.2) is 5.78 Å². The minimum Gasteiger partial charge on any atom is -0.398 e. The first kappa shape index (κ1) is 13.1. The predicted molar refractivity (Wildman–Crippen MR) is 78.0 cm³/mol. The zero-order valence-electron chi connectivity index (χ0n) is 9.49. The van der Waals surface area contributed by atoms with E-state index < -0.39 is 0 Å². The van der Waals surface area contributed by atoms with E-state index in [4.69, 9.17) is 17.3 Å². The zero-order chi connectivity index (χ0) is 13.1. The lowest BCUT2D eigenvalue weighted by molar-refractivity contribution is 0.0993. The van der Waals surface area contributed by atoms with Gasteiger partial charge in [0.1, 0.15) is 0 Å². The molecule has 18 heavy (non-hydrogen) atoms. The molecule has 0 aliphatic carbocycles. The van der Waals surface area contributed by atoms with Gasteiger partial charge in [-0.15, -0.1) is 0 Å². The van der Waals surface area contributed by atoms with Crippen LogP contribution in [0.2, 0.25) is 5.02 Å². The molecule has 0 amide bonds. The molecule has 2 nitrogen and oxygen atoms in total. The monoisotopic (exact) mass is 323 g/mol. The molecule has 2 rings (SSSR count). The summed E-state index contributed by atoms with van der Waals surface area (Å²) in [6.07, 6.45) is 0.347. The highest BCUT2D eigenvalue weighted by molar-refractivity contribution is 9.10. The van der Waals surface area contributed by atoms with E-state index in [-0.39, 0.29) is 5.78 Å². The first-order chi connectivity index (χ1) is 8.56. The van der Waals surface area contributed by atoms with E-state index in [2.05, 4.69) is 15.9 Å². The van der Waals surface area contributed by atoms with Crippen molar-refractivity contribution in [3.63, 3.8) is 0 Å². The number of hydrogen-bond acceptors (Lipinski definition) is 2. The average Bonchev–Trinajstić information content (AvgIpc) is 2.32. The van der Waals surface area contributed by atoms with E-state index in [9.17, 15) is 4.79 Å². The molecule has 2 aromatic carbocycles. The molecule has 0 saturated carbocycles. The molecule has 0 spiro atoms. The number of nitrogens with two attached hydrogens (primary N) is 1. The Balaban J connectivity index is 2.19. The van der Waals surface area contributed by atoms with Gasteiger partial charge in [0, 0.05) is 16.5 Å². The molecule has 0 heterocycles. The Morgan fingerprint density at radius 3 is 2.67 bits per heavy atom. The van der Waals surface area contributed by atoms with Crippen LogP contribution in [0.25, 0.3) is 0 Å². The fourth-order valence-electron chi connectivity index (χ4n) is 1.63. The summed E-state index contributed by atoms with van der Waals surface area (Å²) in [5.74, 6) is 0.0231. The highest BCUT2D eigenvalue weighted by Crippen LogP contribution is 2.21. The quantitative estimate of drug-likeness (QED) is 0.682. The fourth-order valence-corrected chi connectivity index (χ4v) is 2.26. The Morgan fingerprint density at radius 2 is 2.00 bits per heavy atom. The van der Waals surface area contributed by atoms with Crippen molar-refractivity contribution in [2.24, 2.45) is 0 Å². The van der Waals surface area contributed by atoms with Crippen molar-refractivity contribution in [2.75, 3.05) is 5.73 Å². The van der Waals surface area contributed by atoms with Crippen molar-refractivity contribution in [3.05, 3.63) is 63.1 Å². The van der Waals surface area contributed by atoms with Crippen LogP contribution in [-0.4, -0.2) is 5.78 Å². The predicted octanol–water partition coefficient (Wildman–Crippen LogP) is 4.11. The Bertz CT molecular complexity index is 598. The maximum atomic E-state index is 12.1. The number of ketones is 1. The van der Waals surface area contributed by atoms with E-state index in [0.717, 1.165) is 10.0 Å². The number of anilines is 1. The second-order valence-corrected chi connectivity index (χ2v) is 5.29. The van der Waals surface area contributed by atoms with Crippen LogP contribution in [-0.2, 0) is 6.42 Å². The Kier molecular flexibility index (Phi) is 4.04. The standard InChI is InChI=1S/C14H11BrClNO/c15-11-3-1-2-9(6-11)7-14(18)10-4-5-13(17)12(16)8-10/h1-6,8H,7,17H2.